The number of aliphatic hydroxyl groups is 5. The van der Waals surface area contributed by atoms with Crippen molar-refractivity contribution in [2.75, 3.05) is 6.61 Å². The van der Waals surface area contributed by atoms with Gasteiger partial charge in [0.25, 0.3) is 0 Å². The predicted octanol–water partition coefficient (Wildman–Crippen LogP) is -1.61. The summed E-state index contributed by atoms with van der Waals surface area (Å²) in [7, 11) is 0. The molecule has 0 aliphatic carbocycles. The fourth-order valence-corrected chi connectivity index (χ4v) is 2.25. The normalized spacial score (nSPS) is 39.2. The van der Waals surface area contributed by atoms with E-state index in [1.54, 1.807) is 30.3 Å². The van der Waals surface area contributed by atoms with Crippen LogP contribution in [0.4, 0.5) is 0 Å². The van der Waals surface area contributed by atoms with Gasteiger partial charge < -0.3 is 30.3 Å². The highest BCUT2D eigenvalue weighted by Crippen LogP contribution is 2.30. The Kier molecular flexibility index (Phi) is 4.19. The first-order chi connectivity index (χ1) is 8.98. The molecule has 1 aliphatic heterocycles. The van der Waals surface area contributed by atoms with Crippen LogP contribution >= 0.6 is 0 Å². The highest BCUT2D eigenvalue weighted by Gasteiger charge is 2.52. The highest BCUT2D eigenvalue weighted by molar-refractivity contribution is 5.17. The number of hydrogen-bond acceptors (Lipinski definition) is 6. The molecule has 106 valence electrons. The smallest absolute Gasteiger partial charge is 0.199 e. The van der Waals surface area contributed by atoms with Gasteiger partial charge in [0.15, 0.2) is 5.79 Å². The molecule has 5 atom stereocenters. The fourth-order valence-electron chi connectivity index (χ4n) is 2.25. The summed E-state index contributed by atoms with van der Waals surface area (Å²) < 4.78 is 5.17. The van der Waals surface area contributed by atoms with E-state index in [2.05, 4.69) is 0 Å². The lowest BCUT2D eigenvalue weighted by atomic mass is 9.89. The molecule has 6 nitrogen and oxygen atoms in total. The van der Waals surface area contributed by atoms with Crippen molar-refractivity contribution in [2.45, 2.75) is 36.6 Å². The summed E-state index contributed by atoms with van der Waals surface area (Å²) in [5, 5.41) is 48.6. The lowest BCUT2D eigenvalue weighted by Crippen LogP contribution is -2.65. The highest BCUT2D eigenvalue weighted by atomic mass is 16.7. The standard InChI is InChI=1S/C13H18O6/c14-7-9-10(15)11(16)12(17)13(18,19-9)6-8-4-2-1-3-5-8/h1-5,9-12,14-18H,6-7H2. The van der Waals surface area contributed by atoms with E-state index in [0.29, 0.717) is 5.56 Å². The van der Waals surface area contributed by atoms with Gasteiger partial charge in [-0.3, -0.25) is 0 Å². The summed E-state index contributed by atoms with van der Waals surface area (Å²) in [5.41, 5.74) is 0.698. The number of hydrogen-bond donors (Lipinski definition) is 5. The van der Waals surface area contributed by atoms with E-state index in [0.717, 1.165) is 0 Å². The van der Waals surface area contributed by atoms with Crippen molar-refractivity contribution >= 4 is 0 Å². The molecule has 19 heavy (non-hydrogen) atoms. The van der Waals surface area contributed by atoms with Crippen LogP contribution in [-0.4, -0.2) is 62.3 Å². The van der Waals surface area contributed by atoms with Gasteiger partial charge in [0.1, 0.15) is 24.4 Å². The quantitative estimate of drug-likeness (QED) is 0.452. The predicted molar refractivity (Wildman–Crippen MR) is 65.1 cm³/mol. The second-order valence-corrected chi connectivity index (χ2v) is 4.77. The van der Waals surface area contributed by atoms with E-state index in [1.165, 1.54) is 0 Å². The zero-order valence-corrected chi connectivity index (χ0v) is 10.3. The number of benzene rings is 1. The second-order valence-electron chi connectivity index (χ2n) is 4.77. The lowest BCUT2D eigenvalue weighted by molar-refractivity contribution is -0.348. The van der Waals surface area contributed by atoms with E-state index in [-0.39, 0.29) is 6.42 Å². The molecule has 0 bridgehead atoms. The van der Waals surface area contributed by atoms with Gasteiger partial charge in [-0.2, -0.15) is 0 Å². The molecule has 1 heterocycles. The number of aliphatic hydroxyl groups excluding tert-OH is 4. The second kappa shape index (κ2) is 5.54. The maximum atomic E-state index is 10.3. The summed E-state index contributed by atoms with van der Waals surface area (Å²) >= 11 is 0. The molecule has 2 rings (SSSR count). The largest absolute Gasteiger partial charge is 0.394 e. The maximum absolute atomic E-state index is 10.3. The summed E-state index contributed by atoms with van der Waals surface area (Å²) in [5.74, 6) is -2.05. The number of ether oxygens (including phenoxy) is 1. The Morgan fingerprint density at radius 3 is 2.26 bits per heavy atom. The Morgan fingerprint density at radius 1 is 1.05 bits per heavy atom. The van der Waals surface area contributed by atoms with Crippen LogP contribution < -0.4 is 0 Å². The van der Waals surface area contributed by atoms with Crippen molar-refractivity contribution in [3.8, 4) is 0 Å². The van der Waals surface area contributed by atoms with E-state index < -0.39 is 36.8 Å². The van der Waals surface area contributed by atoms with Gasteiger partial charge in [0.2, 0.25) is 0 Å². The van der Waals surface area contributed by atoms with Crippen LogP contribution in [0.1, 0.15) is 5.56 Å². The first kappa shape index (κ1) is 14.4. The van der Waals surface area contributed by atoms with Crippen LogP contribution in [0, 0.1) is 0 Å². The zero-order valence-electron chi connectivity index (χ0n) is 10.3. The topological polar surface area (TPSA) is 110 Å². The molecule has 1 saturated heterocycles. The molecule has 0 aromatic heterocycles. The van der Waals surface area contributed by atoms with Crippen molar-refractivity contribution in [3.63, 3.8) is 0 Å². The van der Waals surface area contributed by atoms with Crippen molar-refractivity contribution in [2.24, 2.45) is 0 Å². The van der Waals surface area contributed by atoms with Crippen LogP contribution in [-0.2, 0) is 11.2 Å². The van der Waals surface area contributed by atoms with Crippen molar-refractivity contribution < 1.29 is 30.3 Å². The van der Waals surface area contributed by atoms with Gasteiger partial charge in [0, 0.05) is 6.42 Å². The Balaban J connectivity index is 2.21. The Hall–Kier alpha value is -1.02. The lowest BCUT2D eigenvalue weighted by Gasteiger charge is -2.45. The molecule has 0 amide bonds. The van der Waals surface area contributed by atoms with E-state index in [9.17, 15) is 20.4 Å². The van der Waals surface area contributed by atoms with Gasteiger partial charge in [-0.25, -0.2) is 0 Å². The maximum Gasteiger partial charge on any atom is 0.199 e. The van der Waals surface area contributed by atoms with Gasteiger partial charge >= 0.3 is 0 Å². The Morgan fingerprint density at radius 2 is 1.68 bits per heavy atom. The molecule has 1 aliphatic rings. The monoisotopic (exact) mass is 270 g/mol. The molecule has 5 unspecified atom stereocenters. The minimum atomic E-state index is -2.05. The zero-order chi connectivity index (χ0) is 14.0. The van der Waals surface area contributed by atoms with Gasteiger partial charge in [-0.15, -0.1) is 0 Å². The third kappa shape index (κ3) is 2.79. The first-order valence-electron chi connectivity index (χ1n) is 6.07. The Labute approximate surface area is 110 Å². The van der Waals surface area contributed by atoms with Gasteiger partial charge in [-0.1, -0.05) is 30.3 Å². The van der Waals surface area contributed by atoms with Crippen LogP contribution in [0.5, 0.6) is 0 Å². The number of rotatable bonds is 3. The average Bonchev–Trinajstić information content (AvgIpc) is 2.42. The van der Waals surface area contributed by atoms with Crippen LogP contribution in [0.2, 0.25) is 0 Å². The van der Waals surface area contributed by atoms with Crippen molar-refractivity contribution in [1.82, 2.24) is 0 Å². The molecular formula is C13H18O6. The molecule has 1 aromatic rings. The van der Waals surface area contributed by atoms with Gasteiger partial charge in [0.05, 0.1) is 6.61 Å². The molecule has 0 radical (unpaired) electrons. The summed E-state index contributed by atoms with van der Waals surface area (Å²) in [6.07, 6.45) is -5.90. The summed E-state index contributed by atoms with van der Waals surface area (Å²) in [4.78, 5) is 0. The molecule has 0 saturated carbocycles. The SMILES string of the molecule is OCC1OC(O)(Cc2ccccc2)C(O)C(O)C1O. The summed E-state index contributed by atoms with van der Waals surface area (Å²) in [6, 6.07) is 8.81. The minimum Gasteiger partial charge on any atom is -0.394 e. The first-order valence-corrected chi connectivity index (χ1v) is 6.07. The third-order valence-corrected chi connectivity index (χ3v) is 3.35. The van der Waals surface area contributed by atoms with Crippen LogP contribution in [0.25, 0.3) is 0 Å². The molecule has 1 aromatic carbocycles. The molecular weight excluding hydrogens is 252 g/mol. The molecule has 5 N–H and O–H groups in total. The van der Waals surface area contributed by atoms with E-state index in [4.69, 9.17) is 9.84 Å². The van der Waals surface area contributed by atoms with Crippen molar-refractivity contribution in [1.29, 1.82) is 0 Å². The summed E-state index contributed by atoms with van der Waals surface area (Å²) in [6.45, 7) is -0.567. The molecule has 6 heteroatoms. The van der Waals surface area contributed by atoms with E-state index in [1.807, 2.05) is 0 Å². The minimum absolute atomic E-state index is 0.0602. The molecule has 0 spiro atoms. The third-order valence-electron chi connectivity index (χ3n) is 3.35. The fraction of sp³-hybridized carbons (Fsp3) is 0.538. The van der Waals surface area contributed by atoms with Crippen LogP contribution in [0.3, 0.4) is 0 Å². The van der Waals surface area contributed by atoms with Gasteiger partial charge in [-0.05, 0) is 5.56 Å². The van der Waals surface area contributed by atoms with E-state index >= 15 is 0 Å². The van der Waals surface area contributed by atoms with Crippen LogP contribution in [0.15, 0.2) is 30.3 Å². The Bertz CT molecular complexity index is 409. The average molecular weight is 270 g/mol. The van der Waals surface area contributed by atoms with Crippen molar-refractivity contribution in [3.05, 3.63) is 35.9 Å². The molecule has 1 fully saturated rings.